The van der Waals surface area contributed by atoms with Crippen molar-refractivity contribution in [3.8, 4) is 0 Å². The minimum Gasteiger partial charge on any atom is -0.308 e. The summed E-state index contributed by atoms with van der Waals surface area (Å²) >= 11 is 1.74. The Kier molecular flexibility index (Phi) is 3.91. The molecule has 0 radical (unpaired) electrons. The number of hydrogen-bond acceptors (Lipinski definition) is 4. The van der Waals surface area contributed by atoms with Gasteiger partial charge in [0.25, 0.3) is 0 Å². The molecule has 0 aliphatic heterocycles. The highest BCUT2D eigenvalue weighted by atomic mass is 32.1. The molecular formula is C12H18N4S. The van der Waals surface area contributed by atoms with Crippen molar-refractivity contribution >= 4 is 11.3 Å². The van der Waals surface area contributed by atoms with Crippen LogP contribution < -0.4 is 5.32 Å². The summed E-state index contributed by atoms with van der Waals surface area (Å²) in [6, 6.07) is 0. The predicted molar refractivity (Wildman–Crippen MR) is 70.0 cm³/mol. The smallest absolute Gasteiger partial charge is 0.0897 e. The van der Waals surface area contributed by atoms with Crippen LogP contribution in [0.2, 0.25) is 0 Å². The van der Waals surface area contributed by atoms with E-state index in [-0.39, 0.29) is 0 Å². The van der Waals surface area contributed by atoms with Gasteiger partial charge in [0.05, 0.1) is 10.7 Å². The van der Waals surface area contributed by atoms with Gasteiger partial charge in [-0.3, -0.25) is 4.68 Å². The molecule has 1 N–H and O–H groups in total. The maximum Gasteiger partial charge on any atom is 0.0897 e. The third-order valence-electron chi connectivity index (χ3n) is 2.61. The molecule has 0 spiro atoms. The molecule has 0 aliphatic carbocycles. The van der Waals surface area contributed by atoms with Crippen LogP contribution in [0, 0.1) is 6.92 Å². The van der Waals surface area contributed by atoms with Gasteiger partial charge >= 0.3 is 0 Å². The van der Waals surface area contributed by atoms with Crippen molar-refractivity contribution in [2.24, 2.45) is 7.05 Å². The maximum atomic E-state index is 4.43. The Morgan fingerprint density at radius 2 is 2.24 bits per heavy atom. The van der Waals surface area contributed by atoms with Gasteiger partial charge in [0.2, 0.25) is 0 Å². The van der Waals surface area contributed by atoms with Gasteiger partial charge in [-0.2, -0.15) is 5.10 Å². The van der Waals surface area contributed by atoms with Gasteiger partial charge in [-0.15, -0.1) is 11.3 Å². The second-order valence-corrected chi connectivity index (χ2v) is 5.40. The average Bonchev–Trinajstić information content (AvgIpc) is 2.85. The quantitative estimate of drug-likeness (QED) is 0.883. The second-order valence-electron chi connectivity index (χ2n) is 4.08. The van der Waals surface area contributed by atoms with E-state index in [0.29, 0.717) is 0 Å². The van der Waals surface area contributed by atoms with Crippen molar-refractivity contribution in [3.63, 3.8) is 0 Å². The van der Waals surface area contributed by atoms with E-state index in [2.05, 4.69) is 28.5 Å². The third kappa shape index (κ3) is 3.14. The van der Waals surface area contributed by atoms with Gasteiger partial charge in [0.15, 0.2) is 0 Å². The SMILES string of the molecule is CCc1nn(C)cc1CNCc1cnc(C)s1. The lowest BCUT2D eigenvalue weighted by Gasteiger charge is -2.01. The molecule has 2 heterocycles. The van der Waals surface area contributed by atoms with Gasteiger partial charge in [-0.25, -0.2) is 4.98 Å². The largest absolute Gasteiger partial charge is 0.308 e. The molecule has 0 saturated carbocycles. The Balaban J connectivity index is 1.89. The molecule has 4 nitrogen and oxygen atoms in total. The number of hydrogen-bond donors (Lipinski definition) is 1. The molecule has 5 heteroatoms. The van der Waals surface area contributed by atoms with E-state index in [1.165, 1.54) is 16.1 Å². The molecule has 17 heavy (non-hydrogen) atoms. The van der Waals surface area contributed by atoms with Crippen molar-refractivity contribution in [1.82, 2.24) is 20.1 Å². The van der Waals surface area contributed by atoms with Crippen molar-refractivity contribution in [3.05, 3.63) is 33.5 Å². The molecule has 2 rings (SSSR count). The summed E-state index contributed by atoms with van der Waals surface area (Å²) in [7, 11) is 1.97. The monoisotopic (exact) mass is 250 g/mol. The fraction of sp³-hybridized carbons (Fsp3) is 0.500. The number of nitrogens with zero attached hydrogens (tertiary/aromatic N) is 3. The molecule has 0 aliphatic rings. The lowest BCUT2D eigenvalue weighted by Crippen LogP contribution is -2.12. The van der Waals surface area contributed by atoms with Gasteiger partial charge in [0, 0.05) is 43.0 Å². The normalized spacial score (nSPS) is 11.0. The van der Waals surface area contributed by atoms with Crippen LogP contribution in [0.4, 0.5) is 0 Å². The topological polar surface area (TPSA) is 42.7 Å². The molecule has 92 valence electrons. The third-order valence-corrected chi connectivity index (χ3v) is 3.52. The Labute approximate surface area is 106 Å². The Morgan fingerprint density at radius 3 is 2.88 bits per heavy atom. The van der Waals surface area contributed by atoms with Crippen LogP contribution in [-0.4, -0.2) is 14.8 Å². The van der Waals surface area contributed by atoms with E-state index in [9.17, 15) is 0 Å². The molecular weight excluding hydrogens is 232 g/mol. The highest BCUT2D eigenvalue weighted by molar-refractivity contribution is 7.11. The lowest BCUT2D eigenvalue weighted by molar-refractivity contribution is 0.694. The van der Waals surface area contributed by atoms with Crippen molar-refractivity contribution in [2.75, 3.05) is 0 Å². The van der Waals surface area contributed by atoms with Crippen LogP contribution in [0.25, 0.3) is 0 Å². The summed E-state index contributed by atoms with van der Waals surface area (Å²) in [5.74, 6) is 0. The van der Waals surface area contributed by atoms with Gasteiger partial charge in [-0.05, 0) is 13.3 Å². The first kappa shape index (κ1) is 12.3. The second kappa shape index (κ2) is 5.42. The van der Waals surface area contributed by atoms with E-state index < -0.39 is 0 Å². The number of rotatable bonds is 5. The maximum absolute atomic E-state index is 4.43. The Morgan fingerprint density at radius 1 is 1.41 bits per heavy atom. The highest BCUT2D eigenvalue weighted by Crippen LogP contribution is 2.12. The zero-order valence-electron chi connectivity index (χ0n) is 10.5. The fourth-order valence-corrected chi connectivity index (χ4v) is 2.60. The molecule has 0 aromatic carbocycles. The Bertz CT molecular complexity index is 486. The van der Waals surface area contributed by atoms with Gasteiger partial charge < -0.3 is 5.32 Å². The standard InChI is InChI=1S/C12H18N4S/c1-4-12-10(8-16(3)15-12)5-13-6-11-7-14-9(2)17-11/h7-8,13H,4-6H2,1-3H3. The van der Waals surface area contributed by atoms with Gasteiger partial charge in [0.1, 0.15) is 0 Å². The zero-order valence-corrected chi connectivity index (χ0v) is 11.3. The van der Waals surface area contributed by atoms with Crippen molar-refractivity contribution in [2.45, 2.75) is 33.4 Å². The molecule has 0 bridgehead atoms. The number of thiazole rings is 1. The molecule has 2 aromatic rings. The first-order chi connectivity index (χ1) is 8.19. The molecule has 0 atom stereocenters. The molecule has 0 unspecified atom stereocenters. The molecule has 2 aromatic heterocycles. The van der Waals surface area contributed by atoms with E-state index >= 15 is 0 Å². The van der Waals surface area contributed by atoms with Crippen molar-refractivity contribution in [1.29, 1.82) is 0 Å². The summed E-state index contributed by atoms with van der Waals surface area (Å²) < 4.78 is 1.88. The first-order valence-electron chi connectivity index (χ1n) is 5.82. The summed E-state index contributed by atoms with van der Waals surface area (Å²) in [5.41, 5.74) is 2.47. The highest BCUT2D eigenvalue weighted by Gasteiger charge is 2.05. The van der Waals surface area contributed by atoms with Crippen LogP contribution in [-0.2, 0) is 26.6 Å². The molecule has 0 amide bonds. The average molecular weight is 250 g/mol. The number of nitrogens with one attached hydrogen (secondary N) is 1. The van der Waals surface area contributed by atoms with E-state index in [4.69, 9.17) is 0 Å². The van der Waals surface area contributed by atoms with Crippen LogP contribution in [0.15, 0.2) is 12.4 Å². The zero-order chi connectivity index (χ0) is 12.3. The lowest BCUT2D eigenvalue weighted by atomic mass is 10.2. The molecule has 0 fully saturated rings. The number of aryl methyl sites for hydroxylation is 3. The van der Waals surface area contributed by atoms with Crippen LogP contribution in [0.1, 0.15) is 28.1 Å². The summed E-state index contributed by atoms with van der Waals surface area (Å²) in [4.78, 5) is 5.52. The van der Waals surface area contributed by atoms with Crippen LogP contribution in [0.3, 0.4) is 0 Å². The summed E-state index contributed by atoms with van der Waals surface area (Å²) in [6.07, 6.45) is 5.01. The van der Waals surface area contributed by atoms with Gasteiger partial charge in [-0.1, -0.05) is 6.92 Å². The Hall–Kier alpha value is -1.20. The fourth-order valence-electron chi connectivity index (χ4n) is 1.84. The minimum atomic E-state index is 0.869. The summed E-state index contributed by atoms with van der Waals surface area (Å²) in [5, 5.41) is 8.98. The predicted octanol–water partition coefficient (Wildman–Crippen LogP) is 2.04. The van der Waals surface area contributed by atoms with Crippen LogP contribution in [0.5, 0.6) is 0 Å². The van der Waals surface area contributed by atoms with Crippen molar-refractivity contribution < 1.29 is 0 Å². The van der Waals surface area contributed by atoms with E-state index in [0.717, 1.165) is 24.5 Å². The first-order valence-corrected chi connectivity index (χ1v) is 6.64. The minimum absolute atomic E-state index is 0.869. The van der Waals surface area contributed by atoms with E-state index in [1.54, 1.807) is 11.3 Å². The van der Waals surface area contributed by atoms with E-state index in [1.807, 2.05) is 24.9 Å². The number of aromatic nitrogens is 3. The molecule has 0 saturated heterocycles. The van der Waals surface area contributed by atoms with Crippen LogP contribution >= 0.6 is 11.3 Å². The summed E-state index contributed by atoms with van der Waals surface area (Å²) in [6.45, 7) is 5.92.